The summed E-state index contributed by atoms with van der Waals surface area (Å²) in [4.78, 5) is 43.9. The Kier molecular flexibility index (Phi) is 4.46. The van der Waals surface area contributed by atoms with E-state index >= 15 is 0 Å². The molecule has 2 N–H and O–H groups in total. The number of nitrogens with zero attached hydrogens (tertiary/aromatic N) is 2. The molecule has 0 fully saturated rings. The number of hydrazine groups is 1. The predicted molar refractivity (Wildman–Crippen MR) is 53.7 cm³/mol. The summed E-state index contributed by atoms with van der Waals surface area (Å²) < 4.78 is 0.685. The zero-order chi connectivity index (χ0) is 12.8. The topological polar surface area (TPSA) is 108 Å². The number of azo groups is 2. The van der Waals surface area contributed by atoms with E-state index in [-0.39, 0.29) is 5.88 Å². The summed E-state index contributed by atoms with van der Waals surface area (Å²) in [5.41, 5.74) is 4.00. The Labute approximate surface area is 100 Å². The van der Waals surface area contributed by atoms with Crippen molar-refractivity contribution in [2.24, 2.45) is 5.11 Å². The van der Waals surface area contributed by atoms with Gasteiger partial charge in [0.2, 0.25) is 0 Å². The number of halogens is 1. The fraction of sp³-hybridized carbons (Fsp3) is 0.250. The zero-order valence-corrected chi connectivity index (χ0v) is 9.23. The number of alkyl halides is 1. The lowest BCUT2D eigenvalue weighted by molar-refractivity contribution is -0.495. The van der Waals surface area contributed by atoms with Crippen LogP contribution in [-0.2, 0) is 19.2 Å². The second kappa shape index (κ2) is 5.85. The average Bonchev–Trinajstić information content (AvgIpc) is 2.30. The maximum absolute atomic E-state index is 11.2. The number of hydrogen-bond donors (Lipinski definition) is 2. The molecule has 0 bridgehead atoms. The van der Waals surface area contributed by atoms with E-state index < -0.39 is 30.2 Å². The molecule has 1 aliphatic heterocycles. The normalized spacial score (nSPS) is 14.3. The molecule has 0 aromatic rings. The monoisotopic (exact) mass is 259 g/mol. The summed E-state index contributed by atoms with van der Waals surface area (Å²) in [5.74, 6) is -2.85. The Bertz CT molecular complexity index is 443. The highest BCUT2D eigenvalue weighted by Crippen LogP contribution is 1.94. The summed E-state index contributed by atoms with van der Waals surface area (Å²) in [6.45, 7) is -0.475. The van der Waals surface area contributed by atoms with Crippen LogP contribution in [0.5, 0.6) is 0 Å². The van der Waals surface area contributed by atoms with Gasteiger partial charge in [0.25, 0.3) is 12.5 Å². The maximum Gasteiger partial charge on any atom is 0.437 e. The first-order chi connectivity index (χ1) is 8.02. The van der Waals surface area contributed by atoms with E-state index in [1.165, 1.54) is 0 Å². The van der Waals surface area contributed by atoms with Gasteiger partial charge in [-0.15, -0.1) is 11.6 Å². The lowest BCUT2D eigenvalue weighted by Gasteiger charge is -2.03. The molecule has 0 aromatic heterocycles. The Hall–Kier alpha value is -2.09. The van der Waals surface area contributed by atoms with Gasteiger partial charge < -0.3 is 0 Å². The molecule has 0 radical (unpaired) electrons. The molecule has 4 amide bonds. The Morgan fingerprint density at radius 3 is 2.53 bits per heavy atom. The van der Waals surface area contributed by atoms with Gasteiger partial charge in [-0.2, -0.15) is 0 Å². The van der Waals surface area contributed by atoms with Crippen LogP contribution in [0, 0.1) is 0 Å². The quantitative estimate of drug-likeness (QED) is 0.364. The van der Waals surface area contributed by atoms with Crippen molar-refractivity contribution < 1.29 is 23.9 Å². The van der Waals surface area contributed by atoms with Crippen LogP contribution in [0.25, 0.3) is 0 Å². The van der Waals surface area contributed by atoms with Gasteiger partial charge in [0.15, 0.2) is 0 Å². The average molecular weight is 260 g/mol. The number of hydrogen-bond acceptors (Lipinski definition) is 4. The summed E-state index contributed by atoms with van der Waals surface area (Å²) in [7, 11) is 0. The summed E-state index contributed by atoms with van der Waals surface area (Å²) >= 11 is 5.17. The van der Waals surface area contributed by atoms with E-state index in [1.807, 2.05) is 10.9 Å². The van der Waals surface area contributed by atoms with E-state index in [4.69, 9.17) is 11.6 Å². The van der Waals surface area contributed by atoms with Gasteiger partial charge >= 0.3 is 17.7 Å². The largest absolute Gasteiger partial charge is 0.437 e. The Morgan fingerprint density at radius 1 is 1.24 bits per heavy atom. The van der Waals surface area contributed by atoms with Gasteiger partial charge in [-0.05, 0) is 4.70 Å². The van der Waals surface area contributed by atoms with Crippen molar-refractivity contribution >= 4 is 35.2 Å². The van der Waals surface area contributed by atoms with Crippen LogP contribution in [0.1, 0.15) is 0 Å². The molecule has 0 aliphatic carbocycles. The summed E-state index contributed by atoms with van der Waals surface area (Å²) in [5, 5.41) is 3.31. The number of carbonyl (C=O) groups excluding carboxylic acids is 4. The minimum atomic E-state index is -0.705. The molecule has 1 heterocycles. The summed E-state index contributed by atoms with van der Waals surface area (Å²) in [6, 6.07) is 0. The molecule has 0 aromatic carbocycles. The van der Waals surface area contributed by atoms with Crippen molar-refractivity contribution in [3.05, 3.63) is 12.2 Å². The van der Waals surface area contributed by atoms with Crippen molar-refractivity contribution in [3.63, 3.8) is 0 Å². The molecule has 8 nitrogen and oxygen atoms in total. The molecule has 0 spiro atoms. The van der Waals surface area contributed by atoms with Gasteiger partial charge in [-0.25, -0.2) is 4.79 Å². The smallest absolute Gasteiger partial charge is 0.272 e. The fourth-order valence-electron chi connectivity index (χ4n) is 0.892. The molecule has 9 heteroatoms. The fourth-order valence-corrected chi connectivity index (χ4v) is 0.959. The molecular formula is C8H8ClN4O4+. The van der Waals surface area contributed by atoms with E-state index in [2.05, 4.69) is 5.11 Å². The molecule has 1 rings (SSSR count). The van der Waals surface area contributed by atoms with Crippen LogP contribution in [0.3, 0.4) is 0 Å². The first-order valence-electron chi connectivity index (χ1n) is 4.41. The number of nitrogens with one attached hydrogen (secondary N) is 2. The first-order valence-corrected chi connectivity index (χ1v) is 4.95. The first kappa shape index (κ1) is 13.0. The molecular weight excluding hydrogens is 252 g/mol. The predicted octanol–water partition coefficient (Wildman–Crippen LogP) is -1.54. The number of amides is 4. The third kappa shape index (κ3) is 4.11. The van der Waals surface area contributed by atoms with Crippen molar-refractivity contribution in [1.82, 2.24) is 10.9 Å². The van der Waals surface area contributed by atoms with Gasteiger partial charge in [0.1, 0.15) is 5.88 Å². The van der Waals surface area contributed by atoms with E-state index in [0.29, 0.717) is 4.70 Å². The van der Waals surface area contributed by atoms with E-state index in [1.54, 1.807) is 0 Å². The minimum Gasteiger partial charge on any atom is -0.272 e. The Morgan fingerprint density at radius 2 is 1.88 bits per heavy atom. The SMILES string of the molecule is O=C1C=CC(=O)[N+](CC(=O)NNC(=O)CCl)=N1. The standard InChI is InChI=1S/C8H7ClN4O4/c9-3-6(15)10-11-7(16)4-13-8(17)2-1-5(14)12-13/h1-2H,3-4H2,(H,12,14)/p+1. The molecule has 0 saturated heterocycles. The lowest BCUT2D eigenvalue weighted by atomic mass is 10.4. The third-order valence-corrected chi connectivity index (χ3v) is 1.84. The molecule has 0 unspecified atom stereocenters. The zero-order valence-electron chi connectivity index (χ0n) is 8.47. The van der Waals surface area contributed by atoms with Gasteiger partial charge in [0.05, 0.1) is 6.08 Å². The van der Waals surface area contributed by atoms with E-state index in [0.717, 1.165) is 12.2 Å². The highest BCUT2D eigenvalue weighted by Gasteiger charge is 2.26. The van der Waals surface area contributed by atoms with Crippen LogP contribution >= 0.6 is 11.6 Å². The molecule has 0 atom stereocenters. The van der Waals surface area contributed by atoms with E-state index in [9.17, 15) is 19.2 Å². The van der Waals surface area contributed by atoms with Crippen molar-refractivity contribution in [2.45, 2.75) is 0 Å². The van der Waals surface area contributed by atoms with Crippen LogP contribution in [0.4, 0.5) is 0 Å². The highest BCUT2D eigenvalue weighted by atomic mass is 35.5. The van der Waals surface area contributed by atoms with Crippen LogP contribution in [0.2, 0.25) is 0 Å². The van der Waals surface area contributed by atoms with Crippen LogP contribution < -0.4 is 10.9 Å². The Balaban J connectivity index is 2.49. The van der Waals surface area contributed by atoms with Crippen LogP contribution in [-0.4, -0.2) is 40.8 Å². The molecule has 90 valence electrons. The van der Waals surface area contributed by atoms with Crippen LogP contribution in [0.15, 0.2) is 17.3 Å². The highest BCUT2D eigenvalue weighted by molar-refractivity contribution is 6.27. The summed E-state index contributed by atoms with van der Waals surface area (Å²) in [6.07, 6.45) is 1.99. The van der Waals surface area contributed by atoms with Crippen molar-refractivity contribution in [1.29, 1.82) is 0 Å². The second-order valence-electron chi connectivity index (χ2n) is 2.90. The minimum absolute atomic E-state index is 0.311. The molecule has 17 heavy (non-hydrogen) atoms. The number of carbonyl (C=O) groups is 4. The molecule has 1 aliphatic rings. The van der Waals surface area contributed by atoms with Crippen molar-refractivity contribution in [3.8, 4) is 0 Å². The van der Waals surface area contributed by atoms with Gasteiger partial charge in [-0.3, -0.25) is 25.2 Å². The lowest BCUT2D eigenvalue weighted by Crippen LogP contribution is -2.46. The second-order valence-corrected chi connectivity index (χ2v) is 3.16. The van der Waals surface area contributed by atoms with Gasteiger partial charge in [0, 0.05) is 11.2 Å². The van der Waals surface area contributed by atoms with Crippen molar-refractivity contribution in [2.75, 3.05) is 12.4 Å². The maximum atomic E-state index is 11.2. The van der Waals surface area contributed by atoms with Gasteiger partial charge in [-0.1, -0.05) is 0 Å². The molecule has 0 saturated carbocycles. The third-order valence-electron chi connectivity index (χ3n) is 1.60. The number of rotatable bonds is 3.